The monoisotopic (exact) mass is 312 g/mol. The quantitative estimate of drug-likeness (QED) is 0.489. The lowest BCUT2D eigenvalue weighted by Gasteiger charge is -2.30. The van der Waals surface area contributed by atoms with Crippen LogP contribution in [-0.4, -0.2) is 6.71 Å². The summed E-state index contributed by atoms with van der Waals surface area (Å²) >= 11 is 0. The Morgan fingerprint density at radius 1 is 0.583 bits per heavy atom. The predicted octanol–water partition coefficient (Wildman–Crippen LogP) is 3.54. The fraction of sp³-hybridized carbons (Fsp3) is 0.182. The van der Waals surface area contributed by atoms with E-state index in [-0.39, 0.29) is 6.71 Å². The number of ether oxygens (including phenoxy) is 1. The van der Waals surface area contributed by atoms with Gasteiger partial charge >= 0.3 is 0 Å². The number of hydrogen-bond donors (Lipinski definition) is 0. The molecule has 0 amide bonds. The molecule has 0 N–H and O–H groups in total. The van der Waals surface area contributed by atoms with Gasteiger partial charge in [0.2, 0.25) is 0 Å². The summed E-state index contributed by atoms with van der Waals surface area (Å²) in [5.74, 6) is 2.04. The number of fused-ring (bicyclic) bond motifs is 2. The lowest BCUT2D eigenvalue weighted by atomic mass is 9.34. The third-order valence-electron chi connectivity index (χ3n) is 5.14. The molecule has 24 heavy (non-hydrogen) atoms. The molecule has 4 rings (SSSR count). The molecule has 0 bridgehead atoms. The van der Waals surface area contributed by atoms with Crippen molar-refractivity contribution < 1.29 is 4.74 Å². The van der Waals surface area contributed by atoms with E-state index in [0.29, 0.717) is 0 Å². The van der Waals surface area contributed by atoms with Crippen LogP contribution in [0.15, 0.2) is 54.6 Å². The maximum atomic E-state index is 6.37. The van der Waals surface area contributed by atoms with Gasteiger partial charge in [0.05, 0.1) is 0 Å². The van der Waals surface area contributed by atoms with Gasteiger partial charge in [-0.05, 0) is 49.7 Å². The zero-order chi connectivity index (χ0) is 16.8. The number of aryl methyl sites for hydroxylation is 4. The molecule has 0 atom stereocenters. The highest BCUT2D eigenvalue weighted by Gasteiger charge is 2.35. The SMILES string of the molecule is Cc1cccc2c1Oc1c(C)cccc1B2c1c(C)cccc1C. The van der Waals surface area contributed by atoms with Gasteiger partial charge in [-0.1, -0.05) is 71.2 Å². The van der Waals surface area contributed by atoms with E-state index in [0.717, 1.165) is 11.5 Å². The molecular weight excluding hydrogens is 291 g/mol. The van der Waals surface area contributed by atoms with Crippen molar-refractivity contribution in [3.8, 4) is 11.5 Å². The van der Waals surface area contributed by atoms with E-state index in [9.17, 15) is 0 Å². The number of benzene rings is 3. The third kappa shape index (κ3) is 2.17. The molecule has 0 radical (unpaired) electrons. The Balaban J connectivity index is 2.08. The molecular formula is C22H21BO. The average Bonchev–Trinajstić information content (AvgIpc) is 2.55. The molecule has 0 aliphatic carbocycles. The predicted molar refractivity (Wildman–Crippen MR) is 103 cm³/mol. The molecule has 0 saturated carbocycles. The van der Waals surface area contributed by atoms with E-state index in [1.54, 1.807) is 0 Å². The molecule has 118 valence electrons. The summed E-state index contributed by atoms with van der Waals surface area (Å²) in [6.45, 7) is 8.91. The van der Waals surface area contributed by atoms with Crippen molar-refractivity contribution in [3.63, 3.8) is 0 Å². The summed E-state index contributed by atoms with van der Waals surface area (Å²) in [6.07, 6.45) is 0. The highest BCUT2D eigenvalue weighted by Crippen LogP contribution is 2.30. The van der Waals surface area contributed by atoms with Crippen LogP contribution in [0, 0.1) is 27.7 Å². The van der Waals surface area contributed by atoms with Gasteiger partial charge < -0.3 is 4.74 Å². The lowest BCUT2D eigenvalue weighted by Crippen LogP contribution is -2.56. The van der Waals surface area contributed by atoms with Crippen LogP contribution < -0.4 is 21.1 Å². The number of rotatable bonds is 1. The normalized spacial score (nSPS) is 12.4. The highest BCUT2D eigenvalue weighted by atomic mass is 16.5. The second kappa shape index (κ2) is 5.56. The molecule has 2 heteroatoms. The fourth-order valence-corrected chi connectivity index (χ4v) is 3.95. The van der Waals surface area contributed by atoms with Gasteiger partial charge in [0, 0.05) is 0 Å². The maximum Gasteiger partial charge on any atom is 0.251 e. The Morgan fingerprint density at radius 3 is 1.50 bits per heavy atom. The van der Waals surface area contributed by atoms with Gasteiger partial charge in [0.25, 0.3) is 6.71 Å². The fourth-order valence-electron chi connectivity index (χ4n) is 3.95. The maximum absolute atomic E-state index is 6.37. The minimum absolute atomic E-state index is 0.227. The first-order valence-electron chi connectivity index (χ1n) is 8.51. The van der Waals surface area contributed by atoms with Crippen molar-refractivity contribution in [1.29, 1.82) is 0 Å². The minimum Gasteiger partial charge on any atom is -0.458 e. The van der Waals surface area contributed by atoms with E-state index in [1.165, 1.54) is 38.6 Å². The second-order valence-corrected chi connectivity index (χ2v) is 6.83. The van der Waals surface area contributed by atoms with Crippen molar-refractivity contribution in [2.75, 3.05) is 0 Å². The summed E-state index contributed by atoms with van der Waals surface area (Å²) in [5, 5.41) is 0. The molecule has 3 aromatic rings. The van der Waals surface area contributed by atoms with Gasteiger partial charge in [-0.25, -0.2) is 0 Å². The first-order valence-corrected chi connectivity index (χ1v) is 8.51. The van der Waals surface area contributed by atoms with E-state index in [4.69, 9.17) is 4.74 Å². The van der Waals surface area contributed by atoms with E-state index in [1.807, 2.05) is 0 Å². The van der Waals surface area contributed by atoms with Crippen molar-refractivity contribution in [2.24, 2.45) is 0 Å². The topological polar surface area (TPSA) is 9.23 Å². The summed E-state index contributed by atoms with van der Waals surface area (Å²) in [5.41, 5.74) is 8.99. The zero-order valence-electron chi connectivity index (χ0n) is 14.7. The largest absolute Gasteiger partial charge is 0.458 e. The molecule has 1 aliphatic heterocycles. The second-order valence-electron chi connectivity index (χ2n) is 6.83. The molecule has 3 aromatic carbocycles. The first kappa shape index (κ1) is 15.1. The Labute approximate surface area is 144 Å². The Hall–Kier alpha value is -2.48. The lowest BCUT2D eigenvalue weighted by molar-refractivity contribution is 0.480. The van der Waals surface area contributed by atoms with Gasteiger partial charge in [-0.3, -0.25) is 0 Å². The smallest absolute Gasteiger partial charge is 0.251 e. The molecule has 0 aromatic heterocycles. The van der Waals surface area contributed by atoms with Crippen LogP contribution in [0.1, 0.15) is 22.3 Å². The number of para-hydroxylation sites is 2. The Kier molecular flexibility index (Phi) is 3.49. The van der Waals surface area contributed by atoms with Crippen LogP contribution in [0.25, 0.3) is 0 Å². The van der Waals surface area contributed by atoms with E-state index >= 15 is 0 Å². The van der Waals surface area contributed by atoms with E-state index in [2.05, 4.69) is 82.3 Å². The Morgan fingerprint density at radius 2 is 1.00 bits per heavy atom. The van der Waals surface area contributed by atoms with E-state index < -0.39 is 0 Å². The molecule has 0 unspecified atom stereocenters. The van der Waals surface area contributed by atoms with Gasteiger partial charge in [-0.2, -0.15) is 0 Å². The summed E-state index contributed by atoms with van der Waals surface area (Å²) in [4.78, 5) is 0. The van der Waals surface area contributed by atoms with Crippen LogP contribution in [0.5, 0.6) is 11.5 Å². The first-order chi connectivity index (χ1) is 11.6. The summed E-state index contributed by atoms with van der Waals surface area (Å²) in [7, 11) is 0. The molecule has 0 spiro atoms. The molecule has 1 heterocycles. The van der Waals surface area contributed by atoms with Crippen molar-refractivity contribution >= 4 is 23.1 Å². The highest BCUT2D eigenvalue weighted by molar-refractivity contribution is 6.97. The van der Waals surface area contributed by atoms with Crippen molar-refractivity contribution in [2.45, 2.75) is 27.7 Å². The van der Waals surface area contributed by atoms with Crippen LogP contribution >= 0.6 is 0 Å². The summed E-state index contributed by atoms with van der Waals surface area (Å²) in [6, 6.07) is 19.5. The van der Waals surface area contributed by atoms with Crippen LogP contribution in [0.3, 0.4) is 0 Å². The molecule has 0 saturated heterocycles. The molecule has 1 aliphatic rings. The molecule has 1 nitrogen and oxygen atoms in total. The van der Waals surface area contributed by atoms with Gasteiger partial charge in [-0.15, -0.1) is 0 Å². The van der Waals surface area contributed by atoms with Crippen molar-refractivity contribution in [1.82, 2.24) is 0 Å². The van der Waals surface area contributed by atoms with Gasteiger partial charge in [0.15, 0.2) is 0 Å². The van der Waals surface area contributed by atoms with Crippen LogP contribution in [-0.2, 0) is 0 Å². The van der Waals surface area contributed by atoms with Crippen molar-refractivity contribution in [3.05, 3.63) is 76.9 Å². The zero-order valence-corrected chi connectivity index (χ0v) is 14.7. The number of hydrogen-bond acceptors (Lipinski definition) is 1. The van der Waals surface area contributed by atoms with Crippen LogP contribution in [0.2, 0.25) is 0 Å². The summed E-state index contributed by atoms with van der Waals surface area (Å²) < 4.78 is 6.37. The minimum atomic E-state index is 0.227. The van der Waals surface area contributed by atoms with Gasteiger partial charge in [0.1, 0.15) is 11.5 Å². The molecule has 0 fully saturated rings. The third-order valence-corrected chi connectivity index (χ3v) is 5.14. The standard InChI is InChI=1S/C22H21BO/c1-14-8-5-9-15(2)20(14)23-18-12-6-10-16(3)21(18)24-22-17(4)11-7-13-19(22)23/h5-13H,1-4H3. The van der Waals surface area contributed by atoms with Crippen LogP contribution in [0.4, 0.5) is 0 Å². The Bertz CT molecular complexity index is 871. The average molecular weight is 312 g/mol.